The molecule has 5 nitrogen and oxygen atoms in total. The van der Waals surface area contributed by atoms with Gasteiger partial charge >= 0.3 is 0 Å². The van der Waals surface area contributed by atoms with Gasteiger partial charge in [-0.3, -0.25) is 4.98 Å². The highest BCUT2D eigenvalue weighted by Gasteiger charge is 2.20. The summed E-state index contributed by atoms with van der Waals surface area (Å²) < 4.78 is 4.76. The first-order valence-electron chi connectivity index (χ1n) is 6.41. The minimum Gasteiger partial charge on any atom is -0.395 e. The minimum atomic E-state index is -0.299. The summed E-state index contributed by atoms with van der Waals surface area (Å²) in [5, 5.41) is 17.1. The summed E-state index contributed by atoms with van der Waals surface area (Å²) >= 11 is 0. The molecule has 2 aromatic heterocycles. The Morgan fingerprint density at radius 3 is 2.70 bits per heavy atom. The van der Waals surface area contributed by atoms with Crippen molar-refractivity contribution in [2.45, 2.75) is 19.3 Å². The van der Waals surface area contributed by atoms with Crippen molar-refractivity contribution in [2.24, 2.45) is 0 Å². The van der Waals surface area contributed by atoms with E-state index < -0.39 is 0 Å². The number of benzene rings is 1. The Balaban J connectivity index is 2.05. The second kappa shape index (κ2) is 4.68. The van der Waals surface area contributed by atoms with Gasteiger partial charge in [-0.25, -0.2) is 4.63 Å². The molecule has 3 rings (SSSR count). The zero-order valence-corrected chi connectivity index (χ0v) is 11.4. The van der Waals surface area contributed by atoms with E-state index in [2.05, 4.69) is 15.3 Å². The predicted molar refractivity (Wildman–Crippen MR) is 75.1 cm³/mol. The molecule has 102 valence electrons. The van der Waals surface area contributed by atoms with Crippen LogP contribution in [0.3, 0.4) is 0 Å². The van der Waals surface area contributed by atoms with Gasteiger partial charge in [-0.2, -0.15) is 0 Å². The summed E-state index contributed by atoms with van der Waals surface area (Å²) in [5.74, 6) is 0. The van der Waals surface area contributed by atoms with Crippen molar-refractivity contribution >= 4 is 11.0 Å². The van der Waals surface area contributed by atoms with E-state index in [0.717, 1.165) is 16.8 Å². The maximum absolute atomic E-state index is 9.39. The van der Waals surface area contributed by atoms with Crippen LogP contribution in [-0.4, -0.2) is 27.0 Å². The average Bonchev–Trinajstić information content (AvgIpc) is 2.95. The van der Waals surface area contributed by atoms with Crippen LogP contribution in [0, 0.1) is 0 Å². The standard InChI is InChI=1S/C15H15N3O2/c1-15(2,9-19)10-6-7-12(16-8-10)11-4-3-5-13-14(11)18-20-17-13/h3-8,19H,9H2,1-2H3. The number of aliphatic hydroxyl groups excluding tert-OH is 1. The van der Waals surface area contributed by atoms with Crippen LogP contribution < -0.4 is 0 Å². The quantitative estimate of drug-likeness (QED) is 0.791. The normalized spacial score (nSPS) is 11.9. The number of nitrogens with zero attached hydrogens (tertiary/aromatic N) is 3. The van der Waals surface area contributed by atoms with E-state index in [0.29, 0.717) is 11.0 Å². The monoisotopic (exact) mass is 269 g/mol. The summed E-state index contributed by atoms with van der Waals surface area (Å²) in [6.07, 6.45) is 1.79. The molecule has 0 atom stereocenters. The minimum absolute atomic E-state index is 0.0802. The van der Waals surface area contributed by atoms with E-state index in [1.54, 1.807) is 6.20 Å². The smallest absolute Gasteiger partial charge is 0.144 e. The van der Waals surface area contributed by atoms with Gasteiger partial charge in [0.15, 0.2) is 0 Å². The lowest BCUT2D eigenvalue weighted by atomic mass is 9.86. The lowest BCUT2D eigenvalue weighted by Crippen LogP contribution is -2.22. The number of aromatic nitrogens is 3. The second-order valence-corrected chi connectivity index (χ2v) is 5.41. The first-order chi connectivity index (χ1) is 9.62. The highest BCUT2D eigenvalue weighted by molar-refractivity contribution is 5.89. The fraction of sp³-hybridized carbons (Fsp3) is 0.267. The highest BCUT2D eigenvalue weighted by Crippen LogP contribution is 2.27. The van der Waals surface area contributed by atoms with Crippen molar-refractivity contribution < 1.29 is 9.74 Å². The third-order valence-electron chi connectivity index (χ3n) is 3.50. The Bertz CT molecular complexity index is 732. The summed E-state index contributed by atoms with van der Waals surface area (Å²) in [7, 11) is 0. The number of hydrogen-bond acceptors (Lipinski definition) is 5. The molecule has 0 aliphatic carbocycles. The van der Waals surface area contributed by atoms with Crippen molar-refractivity contribution in [3.05, 3.63) is 42.1 Å². The van der Waals surface area contributed by atoms with Crippen LogP contribution in [0.25, 0.3) is 22.3 Å². The molecule has 0 aliphatic heterocycles. The highest BCUT2D eigenvalue weighted by atomic mass is 16.6. The lowest BCUT2D eigenvalue weighted by molar-refractivity contribution is 0.218. The van der Waals surface area contributed by atoms with Gasteiger partial charge in [0, 0.05) is 17.2 Å². The van der Waals surface area contributed by atoms with Crippen LogP contribution in [0.4, 0.5) is 0 Å². The molecule has 0 bridgehead atoms. The van der Waals surface area contributed by atoms with Crippen molar-refractivity contribution in [3.8, 4) is 11.3 Å². The SMILES string of the molecule is CC(C)(CO)c1ccc(-c2cccc3nonc23)nc1. The van der Waals surface area contributed by atoms with Crippen molar-refractivity contribution in [1.82, 2.24) is 15.3 Å². The van der Waals surface area contributed by atoms with Crippen LogP contribution in [0.15, 0.2) is 41.2 Å². The van der Waals surface area contributed by atoms with E-state index in [9.17, 15) is 5.11 Å². The molecule has 3 aromatic rings. The van der Waals surface area contributed by atoms with Gasteiger partial charge in [-0.05, 0) is 28.0 Å². The Hall–Kier alpha value is -2.27. The molecule has 0 aliphatic rings. The molecule has 0 saturated carbocycles. The topological polar surface area (TPSA) is 72.0 Å². The molecule has 0 unspecified atom stereocenters. The third-order valence-corrected chi connectivity index (χ3v) is 3.50. The summed E-state index contributed by atoms with van der Waals surface area (Å²) in [6.45, 7) is 4.04. The summed E-state index contributed by atoms with van der Waals surface area (Å²) in [6, 6.07) is 9.58. The van der Waals surface area contributed by atoms with Crippen molar-refractivity contribution in [1.29, 1.82) is 0 Å². The Labute approximate surface area is 116 Å². The Morgan fingerprint density at radius 1 is 1.15 bits per heavy atom. The summed E-state index contributed by atoms with van der Waals surface area (Å²) in [4.78, 5) is 4.47. The maximum atomic E-state index is 9.39. The first kappa shape index (κ1) is 12.7. The number of aliphatic hydroxyl groups is 1. The van der Waals surface area contributed by atoms with Crippen molar-refractivity contribution in [3.63, 3.8) is 0 Å². The fourth-order valence-corrected chi connectivity index (χ4v) is 2.06. The number of rotatable bonds is 3. The molecule has 1 N–H and O–H groups in total. The molecule has 1 aromatic carbocycles. The van der Waals surface area contributed by atoms with E-state index in [4.69, 9.17) is 4.63 Å². The molecule has 0 amide bonds. The third kappa shape index (κ3) is 2.06. The molecule has 0 fully saturated rings. The number of hydrogen-bond donors (Lipinski definition) is 1. The van der Waals surface area contributed by atoms with E-state index in [-0.39, 0.29) is 12.0 Å². The number of fused-ring (bicyclic) bond motifs is 1. The summed E-state index contributed by atoms with van der Waals surface area (Å²) in [5.41, 5.74) is 3.81. The van der Waals surface area contributed by atoms with Crippen LogP contribution in [-0.2, 0) is 5.41 Å². The predicted octanol–water partition coefficient (Wildman–Crippen LogP) is 2.55. The maximum Gasteiger partial charge on any atom is 0.144 e. The second-order valence-electron chi connectivity index (χ2n) is 5.41. The van der Waals surface area contributed by atoms with Gasteiger partial charge in [-0.15, -0.1) is 0 Å². The van der Waals surface area contributed by atoms with E-state index in [1.165, 1.54) is 0 Å². The van der Waals surface area contributed by atoms with Gasteiger partial charge in [0.2, 0.25) is 0 Å². The average molecular weight is 269 g/mol. The zero-order valence-electron chi connectivity index (χ0n) is 11.4. The van der Waals surface area contributed by atoms with Crippen molar-refractivity contribution in [2.75, 3.05) is 6.61 Å². The molecule has 0 spiro atoms. The molecular weight excluding hydrogens is 254 g/mol. The van der Waals surface area contributed by atoms with Crippen LogP contribution in [0.5, 0.6) is 0 Å². The van der Waals surface area contributed by atoms with E-state index >= 15 is 0 Å². The molecule has 20 heavy (non-hydrogen) atoms. The molecule has 0 radical (unpaired) electrons. The number of pyridine rings is 1. The van der Waals surface area contributed by atoms with Gasteiger partial charge in [0.1, 0.15) is 11.0 Å². The van der Waals surface area contributed by atoms with Crippen LogP contribution in [0.2, 0.25) is 0 Å². The zero-order chi connectivity index (χ0) is 14.2. The largest absolute Gasteiger partial charge is 0.395 e. The molecular formula is C15H15N3O2. The molecule has 0 saturated heterocycles. The van der Waals surface area contributed by atoms with Crippen LogP contribution >= 0.6 is 0 Å². The van der Waals surface area contributed by atoms with Gasteiger partial charge in [0.25, 0.3) is 0 Å². The fourth-order valence-electron chi connectivity index (χ4n) is 2.06. The van der Waals surface area contributed by atoms with Gasteiger partial charge in [-0.1, -0.05) is 32.0 Å². The van der Waals surface area contributed by atoms with E-state index in [1.807, 2.05) is 44.2 Å². The molecule has 2 heterocycles. The lowest BCUT2D eigenvalue weighted by Gasteiger charge is -2.21. The van der Waals surface area contributed by atoms with Gasteiger partial charge in [0.05, 0.1) is 12.3 Å². The van der Waals surface area contributed by atoms with Gasteiger partial charge < -0.3 is 5.11 Å². The Kier molecular flexibility index (Phi) is 2.99. The molecule has 5 heteroatoms. The first-order valence-corrected chi connectivity index (χ1v) is 6.41. The van der Waals surface area contributed by atoms with Crippen LogP contribution in [0.1, 0.15) is 19.4 Å². The Morgan fingerprint density at radius 2 is 2.00 bits per heavy atom.